The first-order valence-electron chi connectivity index (χ1n) is 14.0. The molecule has 8 aromatic rings. The van der Waals surface area contributed by atoms with Crippen molar-refractivity contribution in [2.75, 3.05) is 5.73 Å². The van der Waals surface area contributed by atoms with Gasteiger partial charge in [-0.25, -0.2) is 0 Å². The Hall–Kier alpha value is -5.94. The summed E-state index contributed by atoms with van der Waals surface area (Å²) in [5.74, 6) is -2.97. The molecule has 0 fully saturated rings. The zero-order valence-corrected chi connectivity index (χ0v) is 22.8. The van der Waals surface area contributed by atoms with Crippen molar-refractivity contribution < 1.29 is 20.4 Å². The summed E-state index contributed by atoms with van der Waals surface area (Å²) in [6.45, 7) is 0. The normalized spacial score (nSPS) is 11.7. The highest BCUT2D eigenvalue weighted by Gasteiger charge is 2.27. The second-order valence-corrected chi connectivity index (χ2v) is 10.9. The number of anilines is 1. The Labute approximate surface area is 245 Å². The zero-order valence-electron chi connectivity index (χ0n) is 22.8. The van der Waals surface area contributed by atoms with Gasteiger partial charge in [-0.05, 0) is 77.1 Å². The maximum atomic E-state index is 11.1. The predicted octanol–water partition coefficient (Wildman–Crippen LogP) is 9.19. The number of benzene rings is 8. The number of hydrogen-bond donors (Lipinski definition) is 5. The summed E-state index contributed by atoms with van der Waals surface area (Å²) in [4.78, 5) is 0. The van der Waals surface area contributed by atoms with E-state index < -0.39 is 23.0 Å². The summed E-state index contributed by atoms with van der Waals surface area (Å²) in [5.41, 5.74) is 8.76. The third-order valence-electron chi connectivity index (χ3n) is 8.63. The molecule has 5 heteroatoms. The van der Waals surface area contributed by atoms with Gasteiger partial charge in [-0.2, -0.15) is 0 Å². The Kier molecular flexibility index (Phi) is 5.21. The van der Waals surface area contributed by atoms with E-state index in [0.717, 1.165) is 43.4 Å². The summed E-state index contributed by atoms with van der Waals surface area (Å²) in [7, 11) is 0. The van der Waals surface area contributed by atoms with Crippen LogP contribution in [-0.2, 0) is 0 Å². The van der Waals surface area contributed by atoms with E-state index in [1.807, 2.05) is 48.5 Å². The van der Waals surface area contributed by atoms with Gasteiger partial charge < -0.3 is 26.2 Å². The Morgan fingerprint density at radius 1 is 0.349 bits per heavy atom. The Balaban J connectivity index is 1.53. The third kappa shape index (κ3) is 3.45. The molecule has 0 spiro atoms. The molecule has 0 saturated carbocycles. The van der Waals surface area contributed by atoms with E-state index in [1.54, 1.807) is 0 Å². The molecule has 0 aromatic heterocycles. The number of hydrogen-bond acceptors (Lipinski definition) is 5. The maximum Gasteiger partial charge on any atom is 0.206 e. The molecule has 0 aliphatic heterocycles. The average molecular weight is 560 g/mol. The lowest BCUT2D eigenvalue weighted by atomic mass is 9.83. The van der Waals surface area contributed by atoms with E-state index in [-0.39, 0.29) is 11.3 Å². The molecule has 0 aliphatic carbocycles. The van der Waals surface area contributed by atoms with Crippen LogP contribution >= 0.6 is 0 Å². The van der Waals surface area contributed by atoms with Crippen LogP contribution < -0.4 is 5.73 Å². The summed E-state index contributed by atoms with van der Waals surface area (Å²) >= 11 is 0. The van der Waals surface area contributed by atoms with Crippen LogP contribution in [0.5, 0.6) is 23.0 Å². The van der Waals surface area contributed by atoms with E-state index in [2.05, 4.69) is 66.7 Å². The van der Waals surface area contributed by atoms with Gasteiger partial charge in [-0.15, -0.1) is 0 Å². The van der Waals surface area contributed by atoms with Crippen LogP contribution in [0.15, 0.2) is 115 Å². The lowest BCUT2D eigenvalue weighted by Crippen LogP contribution is -1.96. The van der Waals surface area contributed by atoms with Crippen molar-refractivity contribution in [2.45, 2.75) is 0 Å². The first-order chi connectivity index (χ1) is 20.9. The Bertz CT molecular complexity index is 2380. The minimum atomic E-state index is -0.861. The Morgan fingerprint density at radius 3 is 1.53 bits per heavy atom. The summed E-state index contributed by atoms with van der Waals surface area (Å²) in [5, 5.41) is 52.6. The van der Waals surface area contributed by atoms with Crippen molar-refractivity contribution in [1.82, 2.24) is 0 Å². The molecule has 0 atom stereocenters. The molecule has 43 heavy (non-hydrogen) atoms. The van der Waals surface area contributed by atoms with Crippen molar-refractivity contribution in [3.05, 3.63) is 115 Å². The SMILES string of the molecule is Nc1c(O)c(O)c(O)c(O)c1-c1c2ccccc2c(-c2cccc3c2ccc2cc4ccccc4cc23)c2ccccc12. The van der Waals surface area contributed by atoms with E-state index in [0.29, 0.717) is 5.56 Å². The summed E-state index contributed by atoms with van der Waals surface area (Å²) in [6, 6.07) is 39.3. The number of nitrogens with two attached hydrogens (primary N) is 1. The van der Waals surface area contributed by atoms with Gasteiger partial charge in [0.25, 0.3) is 0 Å². The quantitative estimate of drug-likeness (QED) is 0.0477. The molecule has 8 rings (SSSR count). The van der Waals surface area contributed by atoms with Gasteiger partial charge in [-0.3, -0.25) is 0 Å². The molecule has 0 radical (unpaired) electrons. The first kappa shape index (κ1) is 24.8. The molecule has 0 heterocycles. The molecule has 6 N–H and O–H groups in total. The van der Waals surface area contributed by atoms with Gasteiger partial charge in [0.15, 0.2) is 11.5 Å². The monoisotopic (exact) mass is 559 g/mol. The van der Waals surface area contributed by atoms with Gasteiger partial charge in [-0.1, -0.05) is 103 Å². The standard InChI is InChI=1S/C38H25NO4/c39-34-33(35(40)37(42)38(43)36(34)41)32-28-12-5-3-10-26(28)31(27-11-4-6-13-29(27)32)25-15-7-14-23-24(25)17-16-22-18-20-8-1-2-9-21(20)19-30(22)23/h1-19,40-43H,39H2. The number of phenols is 4. The van der Waals surface area contributed by atoms with Crippen LogP contribution in [0.4, 0.5) is 5.69 Å². The Morgan fingerprint density at radius 2 is 0.884 bits per heavy atom. The first-order valence-corrected chi connectivity index (χ1v) is 14.0. The molecule has 5 nitrogen and oxygen atoms in total. The average Bonchev–Trinajstić information content (AvgIpc) is 3.05. The second kappa shape index (κ2) is 9.03. The van der Waals surface area contributed by atoms with Crippen molar-refractivity contribution in [2.24, 2.45) is 0 Å². The zero-order chi connectivity index (χ0) is 29.4. The van der Waals surface area contributed by atoms with Gasteiger partial charge in [0.05, 0.1) is 11.3 Å². The number of rotatable bonds is 2. The molecule has 0 unspecified atom stereocenters. The highest BCUT2D eigenvalue weighted by atomic mass is 16.3. The van der Waals surface area contributed by atoms with Crippen molar-refractivity contribution in [3.8, 4) is 45.3 Å². The second-order valence-electron chi connectivity index (χ2n) is 10.9. The third-order valence-corrected chi connectivity index (χ3v) is 8.63. The fourth-order valence-electron chi connectivity index (χ4n) is 6.66. The lowest BCUT2D eigenvalue weighted by molar-refractivity contribution is 0.348. The van der Waals surface area contributed by atoms with Gasteiger partial charge in [0.2, 0.25) is 11.5 Å². The van der Waals surface area contributed by atoms with Gasteiger partial charge >= 0.3 is 0 Å². The number of fused-ring (bicyclic) bond motifs is 6. The molecule has 0 aliphatic rings. The topological polar surface area (TPSA) is 107 Å². The molecule has 0 bridgehead atoms. The summed E-state index contributed by atoms with van der Waals surface area (Å²) < 4.78 is 0. The number of aromatic hydroxyl groups is 4. The van der Waals surface area contributed by atoms with E-state index in [4.69, 9.17) is 5.73 Å². The molecular weight excluding hydrogens is 534 g/mol. The van der Waals surface area contributed by atoms with Crippen LogP contribution in [0, 0.1) is 0 Å². The summed E-state index contributed by atoms with van der Waals surface area (Å²) in [6.07, 6.45) is 0. The van der Waals surface area contributed by atoms with Crippen molar-refractivity contribution in [1.29, 1.82) is 0 Å². The van der Waals surface area contributed by atoms with Crippen LogP contribution in [0.3, 0.4) is 0 Å². The van der Waals surface area contributed by atoms with Gasteiger partial charge in [0.1, 0.15) is 0 Å². The number of nitrogen functional groups attached to an aromatic ring is 1. The van der Waals surface area contributed by atoms with Gasteiger partial charge in [0, 0.05) is 5.56 Å². The van der Waals surface area contributed by atoms with Crippen LogP contribution in [-0.4, -0.2) is 20.4 Å². The van der Waals surface area contributed by atoms with Crippen LogP contribution in [0.1, 0.15) is 0 Å². The van der Waals surface area contributed by atoms with E-state index in [9.17, 15) is 20.4 Å². The molecule has 206 valence electrons. The molecule has 0 amide bonds. The van der Waals surface area contributed by atoms with Crippen molar-refractivity contribution >= 4 is 59.5 Å². The predicted molar refractivity (Wildman–Crippen MR) is 176 cm³/mol. The highest BCUT2D eigenvalue weighted by molar-refractivity contribution is 6.26. The molecular formula is C38H25NO4. The lowest BCUT2D eigenvalue weighted by Gasteiger charge is -2.21. The fourth-order valence-corrected chi connectivity index (χ4v) is 6.66. The highest BCUT2D eigenvalue weighted by Crippen LogP contribution is 2.56. The van der Waals surface area contributed by atoms with E-state index in [1.165, 1.54) is 21.5 Å². The minimum Gasteiger partial charge on any atom is -0.504 e. The van der Waals surface area contributed by atoms with E-state index >= 15 is 0 Å². The largest absolute Gasteiger partial charge is 0.504 e. The van der Waals surface area contributed by atoms with Crippen LogP contribution in [0.25, 0.3) is 76.1 Å². The van der Waals surface area contributed by atoms with Crippen molar-refractivity contribution in [3.63, 3.8) is 0 Å². The minimum absolute atomic E-state index is 0.0579. The fraction of sp³-hybridized carbons (Fsp3) is 0. The van der Waals surface area contributed by atoms with Crippen LogP contribution in [0.2, 0.25) is 0 Å². The smallest absolute Gasteiger partial charge is 0.206 e. The molecule has 8 aromatic carbocycles. The molecule has 0 saturated heterocycles. The number of phenolic OH excluding ortho intramolecular Hbond substituents is 4. The maximum absolute atomic E-state index is 11.1.